The lowest BCUT2D eigenvalue weighted by molar-refractivity contribution is -0.161. The molecule has 0 amide bonds. The van der Waals surface area contributed by atoms with Gasteiger partial charge in [-0.1, -0.05) is 6.58 Å². The summed E-state index contributed by atoms with van der Waals surface area (Å²) in [6.45, 7) is 3.77. The summed E-state index contributed by atoms with van der Waals surface area (Å²) >= 11 is 0. The first-order chi connectivity index (χ1) is 11.9. The number of rotatable bonds is 12. The van der Waals surface area contributed by atoms with Crippen LogP contribution in [0.5, 0.6) is 0 Å². The molecule has 0 aliphatic carbocycles. The zero-order valence-electron chi connectivity index (χ0n) is 14.0. The van der Waals surface area contributed by atoms with Gasteiger partial charge in [0, 0.05) is 5.57 Å². The molecule has 0 aliphatic rings. The average molecular weight is 401 g/mol. The highest BCUT2D eigenvalue weighted by atomic mass is 32.2. The van der Waals surface area contributed by atoms with Crippen molar-refractivity contribution in [1.82, 2.24) is 0 Å². The molecule has 0 fully saturated rings. The minimum Gasteiger partial charge on any atom is -0.743 e. The Labute approximate surface area is 149 Å². The average Bonchev–Trinajstić information content (AvgIpc) is 2.53. The fourth-order valence-electron chi connectivity index (χ4n) is 1.38. The molecule has 0 atom stereocenters. The predicted octanol–water partition coefficient (Wildman–Crippen LogP) is 0.891. The molecule has 0 saturated carbocycles. The lowest BCUT2D eigenvalue weighted by Gasteiger charge is -2.17. The summed E-state index contributed by atoms with van der Waals surface area (Å²) in [4.78, 5) is 33.1. The molecule has 9 nitrogen and oxygen atoms in total. The normalized spacial score (nSPS) is 11.5. The lowest BCUT2D eigenvalue weighted by Crippen LogP contribution is -2.39. The van der Waals surface area contributed by atoms with Gasteiger partial charge in [-0.3, -0.25) is 0 Å². The number of halogens is 2. The smallest absolute Gasteiger partial charge is 0.428 e. The van der Waals surface area contributed by atoms with Gasteiger partial charge in [-0.2, -0.15) is 8.78 Å². The maximum Gasteiger partial charge on any atom is 0.428 e. The highest BCUT2D eigenvalue weighted by molar-refractivity contribution is 7.87. The summed E-state index contributed by atoms with van der Waals surface area (Å²) in [5, 5.41) is -5.12. The van der Waals surface area contributed by atoms with Crippen LogP contribution >= 0.6 is 0 Å². The minimum absolute atomic E-state index is 0.0374. The van der Waals surface area contributed by atoms with E-state index in [2.05, 4.69) is 16.1 Å². The molecule has 0 unspecified atom stereocenters. The van der Waals surface area contributed by atoms with Crippen molar-refractivity contribution in [3.8, 4) is 0 Å². The van der Waals surface area contributed by atoms with Crippen molar-refractivity contribution >= 4 is 28.0 Å². The van der Waals surface area contributed by atoms with Crippen molar-refractivity contribution < 1.29 is 50.3 Å². The maximum atomic E-state index is 12.8. The van der Waals surface area contributed by atoms with Gasteiger partial charge in [0.1, 0.15) is 0 Å². The summed E-state index contributed by atoms with van der Waals surface area (Å²) in [5.41, 5.74) is 0.143. The molecule has 150 valence electrons. The molecule has 0 N–H and O–H groups in total. The number of carbonyl (C=O) groups excluding carboxylic acids is 3. The van der Waals surface area contributed by atoms with Crippen molar-refractivity contribution in [2.75, 3.05) is 19.8 Å². The molecular formula is C14H19F2O9S-. The largest absolute Gasteiger partial charge is 0.743 e. The third-order valence-corrected chi connectivity index (χ3v) is 3.55. The van der Waals surface area contributed by atoms with Crippen LogP contribution in [0.3, 0.4) is 0 Å². The van der Waals surface area contributed by atoms with E-state index in [-0.39, 0.29) is 18.6 Å². The second-order valence-electron chi connectivity index (χ2n) is 5.10. The second-order valence-corrected chi connectivity index (χ2v) is 6.52. The number of esters is 3. The summed E-state index contributed by atoms with van der Waals surface area (Å²) < 4.78 is 69.5. The van der Waals surface area contributed by atoms with Crippen LogP contribution in [0, 0.1) is 0 Å². The number of hydrogen-bond donors (Lipinski definition) is 0. The number of unbranched alkanes of at least 4 members (excludes halogenated alkanes) is 3. The van der Waals surface area contributed by atoms with Crippen LogP contribution in [0.15, 0.2) is 12.2 Å². The SMILES string of the molecule is C=C(C)C(=O)OCC(=O)OCCCCCCOC(=O)C(F)(F)S(=O)(=O)[O-]. The number of hydrogen-bond acceptors (Lipinski definition) is 9. The molecule has 0 heterocycles. The van der Waals surface area contributed by atoms with E-state index in [1.807, 2.05) is 0 Å². The van der Waals surface area contributed by atoms with Gasteiger partial charge in [-0.05, 0) is 32.6 Å². The highest BCUT2D eigenvalue weighted by Crippen LogP contribution is 2.22. The Morgan fingerprint density at radius 2 is 1.50 bits per heavy atom. The molecule has 0 spiro atoms. The van der Waals surface area contributed by atoms with Gasteiger partial charge in [-0.25, -0.2) is 22.8 Å². The molecule has 0 saturated heterocycles. The standard InChI is InChI=1S/C14H20F2O9S/c1-10(2)12(18)25-9-11(17)23-7-5-3-4-6-8-24-13(19)14(15,16)26(20,21)22/h1,3-9H2,2H3,(H,20,21,22)/p-1. The first-order valence-electron chi connectivity index (χ1n) is 7.38. The van der Waals surface area contributed by atoms with Crippen molar-refractivity contribution in [1.29, 1.82) is 0 Å². The molecule has 0 radical (unpaired) electrons. The van der Waals surface area contributed by atoms with E-state index in [1.54, 1.807) is 0 Å². The fourth-order valence-corrected chi connectivity index (χ4v) is 1.65. The van der Waals surface area contributed by atoms with E-state index in [1.165, 1.54) is 6.92 Å². The van der Waals surface area contributed by atoms with Crippen LogP contribution in [0.4, 0.5) is 8.78 Å². The Hall–Kier alpha value is -2.08. The molecular weight excluding hydrogens is 382 g/mol. The minimum atomic E-state index is -6.12. The third kappa shape index (κ3) is 8.85. The van der Waals surface area contributed by atoms with E-state index in [9.17, 15) is 36.1 Å². The van der Waals surface area contributed by atoms with Crippen LogP contribution < -0.4 is 0 Å². The van der Waals surface area contributed by atoms with Gasteiger partial charge in [0.05, 0.1) is 13.2 Å². The molecule has 0 aromatic heterocycles. The van der Waals surface area contributed by atoms with Crippen LogP contribution in [-0.2, 0) is 38.7 Å². The topological polar surface area (TPSA) is 136 Å². The van der Waals surface area contributed by atoms with E-state index in [0.29, 0.717) is 19.3 Å². The van der Waals surface area contributed by atoms with E-state index < -0.39 is 46.5 Å². The molecule has 0 aromatic carbocycles. The van der Waals surface area contributed by atoms with Gasteiger partial charge in [0.2, 0.25) is 0 Å². The first kappa shape index (κ1) is 23.9. The summed E-state index contributed by atoms with van der Waals surface area (Å²) in [7, 11) is -6.12. The Bertz CT molecular complexity index is 628. The van der Waals surface area contributed by atoms with Crippen molar-refractivity contribution in [2.45, 2.75) is 37.9 Å². The molecule has 26 heavy (non-hydrogen) atoms. The van der Waals surface area contributed by atoms with E-state index >= 15 is 0 Å². The van der Waals surface area contributed by atoms with Crippen LogP contribution in [0.2, 0.25) is 0 Å². The molecule has 12 heteroatoms. The van der Waals surface area contributed by atoms with Gasteiger partial charge in [-0.15, -0.1) is 0 Å². The third-order valence-electron chi connectivity index (χ3n) is 2.76. The summed E-state index contributed by atoms with van der Waals surface area (Å²) in [5.74, 6) is -3.87. The summed E-state index contributed by atoms with van der Waals surface area (Å²) in [6.07, 6.45) is 1.46. The quantitative estimate of drug-likeness (QED) is 0.153. The lowest BCUT2D eigenvalue weighted by atomic mass is 10.2. The number of alkyl halides is 2. The highest BCUT2D eigenvalue weighted by Gasteiger charge is 2.48. The fraction of sp³-hybridized carbons (Fsp3) is 0.643. The van der Waals surface area contributed by atoms with Crippen LogP contribution in [-0.4, -0.2) is 56.0 Å². The predicted molar refractivity (Wildman–Crippen MR) is 80.8 cm³/mol. The zero-order chi connectivity index (χ0) is 20.4. The zero-order valence-corrected chi connectivity index (χ0v) is 14.8. The second kappa shape index (κ2) is 10.8. The van der Waals surface area contributed by atoms with Gasteiger partial charge < -0.3 is 18.8 Å². The Balaban J connectivity index is 3.74. The molecule has 0 rings (SSSR count). The Kier molecular flexibility index (Phi) is 9.94. The van der Waals surface area contributed by atoms with Gasteiger partial charge >= 0.3 is 23.2 Å². The van der Waals surface area contributed by atoms with Crippen LogP contribution in [0.25, 0.3) is 0 Å². The summed E-state index contributed by atoms with van der Waals surface area (Å²) in [6, 6.07) is 0. The van der Waals surface area contributed by atoms with Crippen molar-refractivity contribution in [3.63, 3.8) is 0 Å². The first-order valence-corrected chi connectivity index (χ1v) is 8.79. The number of ether oxygens (including phenoxy) is 3. The number of carbonyl (C=O) groups is 3. The monoisotopic (exact) mass is 401 g/mol. The maximum absolute atomic E-state index is 12.8. The van der Waals surface area contributed by atoms with Crippen molar-refractivity contribution in [2.24, 2.45) is 0 Å². The Morgan fingerprint density at radius 3 is 1.96 bits per heavy atom. The van der Waals surface area contributed by atoms with Gasteiger partial charge in [0.15, 0.2) is 16.7 Å². The van der Waals surface area contributed by atoms with E-state index in [4.69, 9.17) is 4.74 Å². The molecule has 0 aromatic rings. The van der Waals surface area contributed by atoms with Crippen LogP contribution in [0.1, 0.15) is 32.6 Å². The molecule has 0 bridgehead atoms. The van der Waals surface area contributed by atoms with Gasteiger partial charge in [0.25, 0.3) is 0 Å². The molecule has 0 aliphatic heterocycles. The Morgan fingerprint density at radius 1 is 1.00 bits per heavy atom. The van der Waals surface area contributed by atoms with E-state index in [0.717, 1.165) is 0 Å². The van der Waals surface area contributed by atoms with Crippen molar-refractivity contribution in [3.05, 3.63) is 12.2 Å².